The molecule has 3 aromatic rings. The Bertz CT molecular complexity index is 937. The first-order valence-electron chi connectivity index (χ1n) is 8.89. The molecule has 146 valence electrons. The standard InChI is InChI=1S/C20H23BrN6O/c1-12(14-9-10-17(28-3)16(21)11-14)23-13(2)18-25-19(22)27-20(26-18)24-15-7-5-4-6-8-15/h4-13,23H,1-3H3,(H3,22,24,25,26,27). The molecular weight excluding hydrogens is 420 g/mol. The van der Waals surface area contributed by atoms with Crippen LogP contribution >= 0.6 is 15.9 Å². The number of ether oxygens (including phenoxy) is 1. The molecule has 2 aromatic carbocycles. The van der Waals surface area contributed by atoms with E-state index in [0.29, 0.717) is 11.8 Å². The molecule has 0 saturated carbocycles. The normalized spacial score (nSPS) is 13.0. The van der Waals surface area contributed by atoms with Crippen molar-refractivity contribution in [2.24, 2.45) is 0 Å². The third kappa shape index (κ3) is 4.96. The zero-order chi connectivity index (χ0) is 20.1. The first-order chi connectivity index (χ1) is 13.5. The Morgan fingerprint density at radius 3 is 2.43 bits per heavy atom. The van der Waals surface area contributed by atoms with Crippen LogP contribution in [0.4, 0.5) is 17.6 Å². The molecule has 2 unspecified atom stereocenters. The molecule has 28 heavy (non-hydrogen) atoms. The van der Waals surface area contributed by atoms with Crippen molar-refractivity contribution in [3.8, 4) is 5.75 Å². The summed E-state index contributed by atoms with van der Waals surface area (Å²) in [5, 5.41) is 6.65. The number of halogens is 1. The Hall–Kier alpha value is -2.71. The third-order valence-corrected chi connectivity index (χ3v) is 4.88. The quantitative estimate of drug-likeness (QED) is 0.499. The molecule has 2 atom stereocenters. The fourth-order valence-corrected chi connectivity index (χ4v) is 3.37. The molecule has 0 spiro atoms. The van der Waals surface area contributed by atoms with Crippen LogP contribution in [-0.4, -0.2) is 22.1 Å². The topological polar surface area (TPSA) is 98.0 Å². The van der Waals surface area contributed by atoms with Gasteiger partial charge in [0, 0.05) is 11.7 Å². The van der Waals surface area contributed by atoms with Gasteiger partial charge in [0.25, 0.3) is 0 Å². The summed E-state index contributed by atoms with van der Waals surface area (Å²) in [4.78, 5) is 13.0. The predicted octanol–water partition coefficient (Wildman–Crippen LogP) is 4.38. The number of nitrogens with two attached hydrogens (primary N) is 1. The number of anilines is 3. The minimum absolute atomic E-state index is 0.0701. The van der Waals surface area contributed by atoms with E-state index in [-0.39, 0.29) is 18.0 Å². The molecule has 4 N–H and O–H groups in total. The number of hydrogen-bond donors (Lipinski definition) is 3. The van der Waals surface area contributed by atoms with E-state index in [9.17, 15) is 0 Å². The zero-order valence-corrected chi connectivity index (χ0v) is 17.6. The summed E-state index contributed by atoms with van der Waals surface area (Å²) in [6.45, 7) is 4.08. The van der Waals surface area contributed by atoms with E-state index >= 15 is 0 Å². The molecular formula is C20H23BrN6O. The van der Waals surface area contributed by atoms with E-state index in [0.717, 1.165) is 21.5 Å². The van der Waals surface area contributed by atoms with Crippen molar-refractivity contribution in [2.45, 2.75) is 25.9 Å². The first-order valence-corrected chi connectivity index (χ1v) is 9.68. The van der Waals surface area contributed by atoms with E-state index in [1.165, 1.54) is 0 Å². The van der Waals surface area contributed by atoms with Gasteiger partial charge in [0.1, 0.15) is 5.75 Å². The Balaban J connectivity index is 1.74. The van der Waals surface area contributed by atoms with Gasteiger partial charge in [0.05, 0.1) is 17.6 Å². The zero-order valence-electron chi connectivity index (χ0n) is 16.0. The molecule has 7 nitrogen and oxygen atoms in total. The lowest BCUT2D eigenvalue weighted by Crippen LogP contribution is -2.25. The van der Waals surface area contributed by atoms with Crippen LogP contribution in [0.1, 0.15) is 37.3 Å². The van der Waals surface area contributed by atoms with Crippen molar-refractivity contribution < 1.29 is 4.74 Å². The lowest BCUT2D eigenvalue weighted by Gasteiger charge is -2.20. The second kappa shape index (κ2) is 8.99. The highest BCUT2D eigenvalue weighted by atomic mass is 79.9. The largest absolute Gasteiger partial charge is 0.496 e. The fourth-order valence-electron chi connectivity index (χ4n) is 2.81. The molecule has 1 aromatic heterocycles. The van der Waals surface area contributed by atoms with Gasteiger partial charge in [0.2, 0.25) is 11.9 Å². The Labute approximate surface area is 172 Å². The second-order valence-electron chi connectivity index (χ2n) is 6.37. The van der Waals surface area contributed by atoms with Crippen LogP contribution in [-0.2, 0) is 0 Å². The van der Waals surface area contributed by atoms with Crippen molar-refractivity contribution in [1.29, 1.82) is 0 Å². The van der Waals surface area contributed by atoms with Crippen molar-refractivity contribution in [3.63, 3.8) is 0 Å². The molecule has 0 bridgehead atoms. The van der Waals surface area contributed by atoms with Crippen LogP contribution in [0.3, 0.4) is 0 Å². The van der Waals surface area contributed by atoms with Gasteiger partial charge in [0.15, 0.2) is 5.82 Å². The molecule has 0 amide bonds. The summed E-state index contributed by atoms with van der Waals surface area (Å²) in [6.07, 6.45) is 0. The predicted molar refractivity (Wildman–Crippen MR) is 115 cm³/mol. The first kappa shape index (κ1) is 20.0. The number of nitrogens with zero attached hydrogens (tertiary/aromatic N) is 3. The maximum Gasteiger partial charge on any atom is 0.232 e. The minimum Gasteiger partial charge on any atom is -0.496 e. The highest BCUT2D eigenvalue weighted by Gasteiger charge is 2.16. The summed E-state index contributed by atoms with van der Waals surface area (Å²) in [5.74, 6) is 1.97. The molecule has 0 aliphatic rings. The molecule has 0 radical (unpaired) electrons. The smallest absolute Gasteiger partial charge is 0.232 e. The minimum atomic E-state index is -0.127. The Kier molecular flexibility index (Phi) is 6.43. The molecule has 1 heterocycles. The summed E-state index contributed by atoms with van der Waals surface area (Å²) in [5.41, 5.74) is 7.89. The van der Waals surface area contributed by atoms with Crippen LogP contribution in [0.25, 0.3) is 0 Å². The van der Waals surface area contributed by atoms with Gasteiger partial charge < -0.3 is 21.1 Å². The lowest BCUT2D eigenvalue weighted by atomic mass is 10.1. The number of rotatable bonds is 7. The average Bonchev–Trinajstić information content (AvgIpc) is 2.68. The fraction of sp³-hybridized carbons (Fsp3) is 0.250. The molecule has 0 aliphatic carbocycles. The van der Waals surface area contributed by atoms with Crippen LogP contribution < -0.4 is 21.1 Å². The van der Waals surface area contributed by atoms with Crippen molar-refractivity contribution >= 4 is 33.5 Å². The Morgan fingerprint density at radius 2 is 1.75 bits per heavy atom. The van der Waals surface area contributed by atoms with Gasteiger partial charge >= 0.3 is 0 Å². The van der Waals surface area contributed by atoms with Crippen molar-refractivity contribution in [3.05, 3.63) is 64.4 Å². The second-order valence-corrected chi connectivity index (χ2v) is 7.22. The summed E-state index contributed by atoms with van der Waals surface area (Å²) in [7, 11) is 1.65. The summed E-state index contributed by atoms with van der Waals surface area (Å²) < 4.78 is 6.20. The van der Waals surface area contributed by atoms with Crippen LogP contribution in [0, 0.1) is 0 Å². The van der Waals surface area contributed by atoms with Crippen molar-refractivity contribution in [1.82, 2.24) is 20.3 Å². The van der Waals surface area contributed by atoms with Crippen LogP contribution in [0.15, 0.2) is 53.0 Å². The van der Waals surface area contributed by atoms with Crippen molar-refractivity contribution in [2.75, 3.05) is 18.2 Å². The molecule has 3 rings (SSSR count). The molecule has 0 fully saturated rings. The van der Waals surface area contributed by atoms with Gasteiger partial charge in [-0.05, 0) is 59.6 Å². The van der Waals surface area contributed by atoms with E-state index in [4.69, 9.17) is 10.5 Å². The number of benzene rings is 2. The van der Waals surface area contributed by atoms with Gasteiger partial charge in [-0.2, -0.15) is 15.0 Å². The number of nitrogen functional groups attached to an aromatic ring is 1. The monoisotopic (exact) mass is 442 g/mol. The number of para-hydroxylation sites is 1. The summed E-state index contributed by atoms with van der Waals surface area (Å²) >= 11 is 3.53. The van der Waals surface area contributed by atoms with Gasteiger partial charge in [-0.1, -0.05) is 24.3 Å². The third-order valence-electron chi connectivity index (χ3n) is 4.26. The highest BCUT2D eigenvalue weighted by Crippen LogP contribution is 2.29. The highest BCUT2D eigenvalue weighted by molar-refractivity contribution is 9.10. The lowest BCUT2D eigenvalue weighted by molar-refractivity contribution is 0.411. The number of hydrogen-bond acceptors (Lipinski definition) is 7. The van der Waals surface area contributed by atoms with E-state index < -0.39 is 0 Å². The molecule has 0 saturated heterocycles. The van der Waals surface area contributed by atoms with Crippen LogP contribution in [0.2, 0.25) is 0 Å². The molecule has 8 heteroatoms. The van der Waals surface area contributed by atoms with Gasteiger partial charge in [-0.25, -0.2) is 0 Å². The number of aromatic nitrogens is 3. The van der Waals surface area contributed by atoms with E-state index in [1.54, 1.807) is 7.11 Å². The van der Waals surface area contributed by atoms with E-state index in [1.807, 2.05) is 55.5 Å². The van der Waals surface area contributed by atoms with Crippen LogP contribution in [0.5, 0.6) is 5.75 Å². The number of nitrogens with one attached hydrogen (secondary N) is 2. The SMILES string of the molecule is COc1ccc(C(C)NC(C)c2nc(N)nc(Nc3ccccc3)n2)cc1Br. The average molecular weight is 443 g/mol. The van der Waals surface area contributed by atoms with E-state index in [2.05, 4.69) is 48.4 Å². The van der Waals surface area contributed by atoms with Gasteiger partial charge in [-0.15, -0.1) is 0 Å². The maximum absolute atomic E-state index is 5.89. The van der Waals surface area contributed by atoms with Gasteiger partial charge in [-0.3, -0.25) is 0 Å². The Morgan fingerprint density at radius 1 is 1.00 bits per heavy atom. The summed E-state index contributed by atoms with van der Waals surface area (Å²) in [6, 6.07) is 15.6. The maximum atomic E-state index is 5.89. The molecule has 0 aliphatic heterocycles. The number of methoxy groups -OCH3 is 1.